The van der Waals surface area contributed by atoms with Gasteiger partial charge in [-0.15, -0.1) is 0 Å². The average Bonchev–Trinajstić information content (AvgIpc) is 3.13. The second-order valence-corrected chi connectivity index (χ2v) is 9.30. The summed E-state index contributed by atoms with van der Waals surface area (Å²) in [6.45, 7) is 0.924. The van der Waals surface area contributed by atoms with E-state index in [0.717, 1.165) is 24.8 Å². The smallest absolute Gasteiger partial charge is 0.321 e. The fraction of sp³-hybridized carbons (Fsp3) is 0.300. The van der Waals surface area contributed by atoms with Crippen LogP contribution in [0.5, 0.6) is 0 Å². The molecule has 0 saturated carbocycles. The van der Waals surface area contributed by atoms with Crippen molar-refractivity contribution in [3.05, 3.63) is 63.6 Å². The number of carbonyl (C=O) groups excluding carboxylic acids is 2. The molecule has 28 heavy (non-hydrogen) atoms. The molecule has 1 atom stereocenters. The Balaban J connectivity index is 1.57. The maximum Gasteiger partial charge on any atom is 0.321 e. The number of ether oxygens (including phenoxy) is 1. The molecule has 1 N–H and O–H groups in total. The van der Waals surface area contributed by atoms with E-state index in [4.69, 9.17) is 4.74 Å². The predicted molar refractivity (Wildman–Crippen MR) is 108 cm³/mol. The van der Waals surface area contributed by atoms with E-state index in [9.17, 15) is 18.0 Å². The van der Waals surface area contributed by atoms with Crippen LogP contribution in [0.15, 0.2) is 51.8 Å². The van der Waals surface area contributed by atoms with Gasteiger partial charge < -0.3 is 4.74 Å². The molecule has 0 bridgehead atoms. The normalized spacial score (nSPS) is 14.4. The standard InChI is InChI=1S/C20H20BrNO5S/c1-13(20(24)16-9-8-14-4-2-5-15(14)10-16)27-19(23)12-22-28(25,26)18-7-3-6-17(21)11-18/h3,6-11,13,22H,2,4-5,12H2,1H3. The first kappa shape index (κ1) is 20.7. The van der Waals surface area contributed by atoms with Gasteiger partial charge in [-0.05, 0) is 61.6 Å². The number of esters is 1. The topological polar surface area (TPSA) is 89.5 Å². The van der Waals surface area contributed by atoms with Gasteiger partial charge in [0.05, 0.1) is 4.90 Å². The molecule has 0 aliphatic heterocycles. The van der Waals surface area contributed by atoms with Crippen LogP contribution in [0, 0.1) is 0 Å². The Kier molecular flexibility index (Phi) is 6.32. The van der Waals surface area contributed by atoms with Crippen molar-refractivity contribution in [1.82, 2.24) is 4.72 Å². The Morgan fingerprint density at radius 3 is 2.64 bits per heavy atom. The molecule has 1 aliphatic carbocycles. The summed E-state index contributed by atoms with van der Waals surface area (Å²) in [5, 5.41) is 0. The molecule has 0 heterocycles. The number of sulfonamides is 1. The summed E-state index contributed by atoms with van der Waals surface area (Å²) in [7, 11) is -3.86. The fourth-order valence-electron chi connectivity index (χ4n) is 3.12. The van der Waals surface area contributed by atoms with E-state index in [1.54, 1.807) is 18.2 Å². The van der Waals surface area contributed by atoms with Crippen LogP contribution in [0.2, 0.25) is 0 Å². The van der Waals surface area contributed by atoms with Crippen molar-refractivity contribution < 1.29 is 22.7 Å². The van der Waals surface area contributed by atoms with Crippen molar-refractivity contribution in [2.75, 3.05) is 6.54 Å². The maximum atomic E-state index is 12.5. The van der Waals surface area contributed by atoms with E-state index in [1.165, 1.54) is 24.6 Å². The van der Waals surface area contributed by atoms with Crippen molar-refractivity contribution >= 4 is 37.7 Å². The minimum Gasteiger partial charge on any atom is -0.453 e. The molecule has 8 heteroatoms. The second-order valence-electron chi connectivity index (χ2n) is 6.62. The van der Waals surface area contributed by atoms with E-state index in [2.05, 4.69) is 20.7 Å². The molecule has 1 aliphatic rings. The van der Waals surface area contributed by atoms with Gasteiger partial charge in [0.2, 0.25) is 15.8 Å². The van der Waals surface area contributed by atoms with Gasteiger partial charge in [-0.2, -0.15) is 4.72 Å². The van der Waals surface area contributed by atoms with Gasteiger partial charge in [-0.1, -0.05) is 34.1 Å². The average molecular weight is 466 g/mol. The third-order valence-corrected chi connectivity index (χ3v) is 6.47. The Hall–Kier alpha value is -2.03. The van der Waals surface area contributed by atoms with Gasteiger partial charge in [0.15, 0.2) is 6.10 Å². The lowest BCUT2D eigenvalue weighted by Gasteiger charge is -2.14. The number of hydrogen-bond donors (Lipinski definition) is 1. The first-order valence-electron chi connectivity index (χ1n) is 8.87. The molecular weight excluding hydrogens is 446 g/mol. The number of hydrogen-bond acceptors (Lipinski definition) is 5. The van der Waals surface area contributed by atoms with E-state index < -0.39 is 28.6 Å². The van der Waals surface area contributed by atoms with Crippen molar-refractivity contribution in [3.8, 4) is 0 Å². The first-order chi connectivity index (χ1) is 13.3. The number of benzene rings is 2. The van der Waals surface area contributed by atoms with E-state index in [-0.39, 0.29) is 10.7 Å². The summed E-state index contributed by atoms with van der Waals surface area (Å²) in [6.07, 6.45) is 2.05. The fourth-order valence-corrected chi connectivity index (χ4v) is 4.69. The molecule has 6 nitrogen and oxygen atoms in total. The number of halogens is 1. The summed E-state index contributed by atoms with van der Waals surface area (Å²) in [6, 6.07) is 11.6. The monoisotopic (exact) mass is 465 g/mol. The molecular formula is C20H20BrNO5S. The van der Waals surface area contributed by atoms with Gasteiger partial charge in [0.25, 0.3) is 0 Å². The highest BCUT2D eigenvalue weighted by molar-refractivity contribution is 9.10. The lowest BCUT2D eigenvalue weighted by molar-refractivity contribution is -0.144. The number of rotatable bonds is 7. The van der Waals surface area contributed by atoms with Crippen molar-refractivity contribution in [1.29, 1.82) is 0 Å². The number of fused-ring (bicyclic) bond motifs is 1. The van der Waals surface area contributed by atoms with Crippen LogP contribution in [0.4, 0.5) is 0 Å². The van der Waals surface area contributed by atoms with E-state index >= 15 is 0 Å². The van der Waals surface area contributed by atoms with Crippen molar-refractivity contribution in [3.63, 3.8) is 0 Å². The van der Waals surface area contributed by atoms with Crippen LogP contribution in [-0.2, 0) is 32.4 Å². The van der Waals surface area contributed by atoms with Crippen molar-refractivity contribution in [2.24, 2.45) is 0 Å². The third kappa shape index (κ3) is 4.87. The molecule has 148 valence electrons. The summed E-state index contributed by atoms with van der Waals surface area (Å²) in [5.74, 6) is -1.13. The summed E-state index contributed by atoms with van der Waals surface area (Å²) in [4.78, 5) is 24.6. The van der Waals surface area contributed by atoms with Crippen molar-refractivity contribution in [2.45, 2.75) is 37.2 Å². The maximum absolute atomic E-state index is 12.5. The molecule has 0 amide bonds. The van der Waals surface area contributed by atoms with Crippen LogP contribution < -0.4 is 4.72 Å². The Labute approximate surface area is 172 Å². The lowest BCUT2D eigenvalue weighted by Crippen LogP contribution is -2.34. The number of nitrogens with one attached hydrogen (secondary N) is 1. The van der Waals surface area contributed by atoms with E-state index in [0.29, 0.717) is 10.0 Å². The zero-order chi connectivity index (χ0) is 20.3. The molecule has 0 saturated heterocycles. The second kappa shape index (κ2) is 8.55. The summed E-state index contributed by atoms with van der Waals surface area (Å²) in [5.41, 5.74) is 2.91. The quantitative estimate of drug-likeness (QED) is 0.501. The number of aryl methyl sites for hydroxylation is 2. The predicted octanol–water partition coefficient (Wildman–Crippen LogP) is 3.03. The molecule has 2 aromatic carbocycles. The molecule has 0 fully saturated rings. The van der Waals surface area contributed by atoms with Gasteiger partial charge in [0, 0.05) is 10.0 Å². The van der Waals surface area contributed by atoms with Crippen LogP contribution in [-0.4, -0.2) is 32.8 Å². The number of carbonyl (C=O) groups is 2. The minimum absolute atomic E-state index is 0.0249. The summed E-state index contributed by atoms with van der Waals surface area (Å²) >= 11 is 3.20. The molecule has 0 aromatic heterocycles. The molecule has 2 aromatic rings. The lowest BCUT2D eigenvalue weighted by atomic mass is 10.0. The zero-order valence-electron chi connectivity index (χ0n) is 15.3. The Morgan fingerprint density at radius 2 is 1.89 bits per heavy atom. The third-order valence-electron chi connectivity index (χ3n) is 4.57. The highest BCUT2D eigenvalue weighted by Crippen LogP contribution is 2.23. The molecule has 3 rings (SSSR count). The zero-order valence-corrected chi connectivity index (χ0v) is 17.7. The van der Waals surface area contributed by atoms with Gasteiger partial charge in [-0.25, -0.2) is 8.42 Å². The minimum atomic E-state index is -3.86. The van der Waals surface area contributed by atoms with Crippen LogP contribution in [0.3, 0.4) is 0 Å². The van der Waals surface area contributed by atoms with Crippen LogP contribution in [0.1, 0.15) is 34.8 Å². The number of ketones is 1. The SMILES string of the molecule is CC(OC(=O)CNS(=O)(=O)c1cccc(Br)c1)C(=O)c1ccc2c(c1)CCC2. The van der Waals surface area contributed by atoms with Gasteiger partial charge in [0.1, 0.15) is 6.54 Å². The largest absolute Gasteiger partial charge is 0.453 e. The van der Waals surface area contributed by atoms with E-state index in [1.807, 2.05) is 12.1 Å². The van der Waals surface area contributed by atoms with Gasteiger partial charge in [-0.3, -0.25) is 9.59 Å². The van der Waals surface area contributed by atoms with Gasteiger partial charge >= 0.3 is 5.97 Å². The first-order valence-corrected chi connectivity index (χ1v) is 11.1. The molecule has 0 radical (unpaired) electrons. The highest BCUT2D eigenvalue weighted by atomic mass is 79.9. The number of Topliss-reactive ketones (excluding diaryl/α,β-unsaturated/α-hetero) is 1. The Morgan fingerprint density at radius 1 is 1.14 bits per heavy atom. The van der Waals surface area contributed by atoms with Crippen LogP contribution in [0.25, 0.3) is 0 Å². The molecule has 0 spiro atoms. The highest BCUT2D eigenvalue weighted by Gasteiger charge is 2.23. The summed E-state index contributed by atoms with van der Waals surface area (Å²) < 4.78 is 32.4. The Bertz CT molecular complexity index is 1020. The van der Waals surface area contributed by atoms with Crippen LogP contribution >= 0.6 is 15.9 Å². The molecule has 1 unspecified atom stereocenters.